The van der Waals surface area contributed by atoms with Gasteiger partial charge in [0.2, 0.25) is 23.6 Å². The molecule has 0 heterocycles. The van der Waals surface area contributed by atoms with Crippen molar-refractivity contribution in [2.24, 2.45) is 17.4 Å². The summed E-state index contributed by atoms with van der Waals surface area (Å²) in [6.07, 6.45) is -0.516. The van der Waals surface area contributed by atoms with E-state index in [0.29, 0.717) is 5.56 Å². The lowest BCUT2D eigenvalue weighted by Gasteiger charge is -2.27. The van der Waals surface area contributed by atoms with E-state index in [0.717, 1.165) is 0 Å². The van der Waals surface area contributed by atoms with Crippen molar-refractivity contribution in [3.63, 3.8) is 0 Å². The summed E-state index contributed by atoms with van der Waals surface area (Å²) in [5.74, 6) is -5.18. The van der Waals surface area contributed by atoms with E-state index in [9.17, 15) is 34.2 Å². The number of nitrogens with one attached hydrogen (secondary N) is 3. The van der Waals surface area contributed by atoms with Crippen molar-refractivity contribution in [1.29, 1.82) is 0 Å². The molecule has 4 amide bonds. The van der Waals surface area contributed by atoms with Crippen molar-refractivity contribution < 1.29 is 39.3 Å². The molecule has 4 unspecified atom stereocenters. The lowest BCUT2D eigenvalue weighted by atomic mass is 10.00. The average Bonchev–Trinajstić information content (AvgIpc) is 2.75. The Morgan fingerprint density at radius 1 is 0.912 bits per heavy atom. The number of phenols is 1. The van der Waals surface area contributed by atoms with Crippen LogP contribution in [0.4, 0.5) is 0 Å². The first kappa shape index (κ1) is 28.3. The first-order valence-electron chi connectivity index (χ1n) is 10.4. The summed E-state index contributed by atoms with van der Waals surface area (Å²) in [4.78, 5) is 60.2. The fourth-order valence-electron chi connectivity index (χ4n) is 2.90. The van der Waals surface area contributed by atoms with Gasteiger partial charge in [-0.1, -0.05) is 26.0 Å². The van der Waals surface area contributed by atoms with Crippen LogP contribution in [0.5, 0.6) is 5.75 Å². The number of aliphatic carboxylic acids is 1. The van der Waals surface area contributed by atoms with E-state index in [-0.39, 0.29) is 12.2 Å². The van der Waals surface area contributed by atoms with E-state index in [4.69, 9.17) is 16.6 Å². The molecule has 13 nitrogen and oxygen atoms in total. The molecule has 0 aromatic heterocycles. The molecule has 13 heteroatoms. The molecule has 0 bridgehead atoms. The van der Waals surface area contributed by atoms with Gasteiger partial charge in [0.1, 0.15) is 23.9 Å². The maximum atomic E-state index is 13.0. The van der Waals surface area contributed by atoms with E-state index in [1.165, 1.54) is 24.3 Å². The number of carbonyl (C=O) groups excluding carboxylic acids is 4. The molecule has 0 saturated heterocycles. The highest BCUT2D eigenvalue weighted by Crippen LogP contribution is 2.12. The highest BCUT2D eigenvalue weighted by molar-refractivity contribution is 5.95. The number of rotatable bonds is 13. The standard InChI is InChI=1S/C21H31N5O8/c1-10(2)17(26-18(30)13(22)8-16(23)29)20(32)24-14(7-11-3-5-12(28)6-4-11)19(31)25-15(9-27)21(33)34/h3-6,10,13-15,17,27-28H,7-9,22H2,1-2H3,(H2,23,29)(H,24,32)(H,25,31)(H,26,30)(H,33,34). The predicted octanol–water partition coefficient (Wildman–Crippen LogP) is -2.68. The number of amides is 4. The summed E-state index contributed by atoms with van der Waals surface area (Å²) in [7, 11) is 0. The van der Waals surface area contributed by atoms with Gasteiger partial charge in [0.15, 0.2) is 0 Å². The van der Waals surface area contributed by atoms with Crippen molar-refractivity contribution >= 4 is 29.6 Å². The zero-order chi connectivity index (χ0) is 26.0. The Hall–Kier alpha value is -3.71. The number of aliphatic hydroxyl groups is 1. The van der Waals surface area contributed by atoms with Crippen LogP contribution < -0.4 is 27.4 Å². The zero-order valence-electron chi connectivity index (χ0n) is 18.9. The summed E-state index contributed by atoms with van der Waals surface area (Å²) in [5.41, 5.74) is 11.2. The third-order valence-corrected chi connectivity index (χ3v) is 4.81. The number of carbonyl (C=O) groups is 5. The second-order valence-electron chi connectivity index (χ2n) is 8.02. The normalized spacial score (nSPS) is 14.4. The molecule has 10 N–H and O–H groups in total. The number of benzene rings is 1. The maximum absolute atomic E-state index is 13.0. The van der Waals surface area contributed by atoms with Crippen LogP contribution in [0.15, 0.2) is 24.3 Å². The molecule has 1 aromatic carbocycles. The predicted molar refractivity (Wildman–Crippen MR) is 119 cm³/mol. The van der Waals surface area contributed by atoms with Crippen LogP contribution in [-0.2, 0) is 30.4 Å². The van der Waals surface area contributed by atoms with Gasteiger partial charge in [0.25, 0.3) is 0 Å². The quantitative estimate of drug-likeness (QED) is 0.146. The van der Waals surface area contributed by atoms with E-state index < -0.39 is 72.7 Å². The fraction of sp³-hybridized carbons (Fsp3) is 0.476. The van der Waals surface area contributed by atoms with Crippen LogP contribution in [-0.4, -0.2) is 75.7 Å². The number of aromatic hydroxyl groups is 1. The largest absolute Gasteiger partial charge is 0.508 e. The molecular weight excluding hydrogens is 450 g/mol. The molecule has 0 saturated carbocycles. The minimum Gasteiger partial charge on any atom is -0.508 e. The monoisotopic (exact) mass is 481 g/mol. The van der Waals surface area contributed by atoms with Gasteiger partial charge in [-0.15, -0.1) is 0 Å². The van der Waals surface area contributed by atoms with Crippen molar-refractivity contribution in [2.75, 3.05) is 6.61 Å². The zero-order valence-corrected chi connectivity index (χ0v) is 18.9. The summed E-state index contributed by atoms with van der Waals surface area (Å²) in [6, 6.07) is 0.453. The van der Waals surface area contributed by atoms with Crippen molar-refractivity contribution in [1.82, 2.24) is 16.0 Å². The third-order valence-electron chi connectivity index (χ3n) is 4.81. The Morgan fingerprint density at radius 3 is 1.94 bits per heavy atom. The van der Waals surface area contributed by atoms with E-state index in [2.05, 4.69) is 16.0 Å². The van der Waals surface area contributed by atoms with Gasteiger partial charge in [0.05, 0.1) is 19.1 Å². The van der Waals surface area contributed by atoms with Gasteiger partial charge in [-0.25, -0.2) is 4.79 Å². The number of aliphatic hydroxyl groups excluding tert-OH is 1. The van der Waals surface area contributed by atoms with Gasteiger partial charge in [-0.2, -0.15) is 0 Å². The number of primary amides is 1. The number of nitrogens with two attached hydrogens (primary N) is 2. The average molecular weight is 482 g/mol. The summed E-state index contributed by atoms with van der Waals surface area (Å²) < 4.78 is 0. The van der Waals surface area contributed by atoms with E-state index in [1.54, 1.807) is 13.8 Å². The number of carboxylic acid groups (broad SMARTS) is 1. The minimum atomic E-state index is -1.60. The fourth-order valence-corrected chi connectivity index (χ4v) is 2.90. The molecule has 0 spiro atoms. The highest BCUT2D eigenvalue weighted by atomic mass is 16.4. The molecule has 0 aliphatic carbocycles. The first-order chi connectivity index (χ1) is 15.8. The maximum Gasteiger partial charge on any atom is 0.328 e. The lowest BCUT2D eigenvalue weighted by molar-refractivity contribution is -0.143. The summed E-state index contributed by atoms with van der Waals surface area (Å²) in [6.45, 7) is 2.39. The van der Waals surface area contributed by atoms with Crippen LogP contribution in [0, 0.1) is 5.92 Å². The minimum absolute atomic E-state index is 0.0186. The molecular formula is C21H31N5O8. The van der Waals surface area contributed by atoms with Gasteiger partial charge < -0.3 is 42.7 Å². The van der Waals surface area contributed by atoms with Crippen molar-refractivity contribution in [3.8, 4) is 5.75 Å². The van der Waals surface area contributed by atoms with Crippen LogP contribution in [0.2, 0.25) is 0 Å². The number of phenolic OH excluding ortho intramolecular Hbond substituents is 1. The topological polar surface area (TPSA) is 234 Å². The number of hydrogen-bond acceptors (Lipinski definition) is 8. The Balaban J connectivity index is 3.08. The SMILES string of the molecule is CC(C)C(NC(=O)C(N)CC(N)=O)C(=O)NC(Cc1ccc(O)cc1)C(=O)NC(CO)C(=O)O. The molecule has 34 heavy (non-hydrogen) atoms. The molecule has 0 radical (unpaired) electrons. The molecule has 4 atom stereocenters. The Kier molecular flexibility index (Phi) is 10.9. The first-order valence-corrected chi connectivity index (χ1v) is 10.4. The molecule has 188 valence electrons. The number of carboxylic acids is 1. The summed E-state index contributed by atoms with van der Waals surface area (Å²) in [5, 5.41) is 34.8. The van der Waals surface area contributed by atoms with Gasteiger partial charge in [0, 0.05) is 6.42 Å². The second-order valence-corrected chi connectivity index (χ2v) is 8.02. The molecule has 1 aromatic rings. The molecule has 0 aliphatic rings. The molecule has 0 fully saturated rings. The van der Waals surface area contributed by atoms with E-state index in [1.807, 2.05) is 0 Å². The smallest absolute Gasteiger partial charge is 0.328 e. The van der Waals surface area contributed by atoms with Gasteiger partial charge >= 0.3 is 5.97 Å². The lowest BCUT2D eigenvalue weighted by Crippen LogP contribution is -2.59. The van der Waals surface area contributed by atoms with E-state index >= 15 is 0 Å². The third kappa shape index (κ3) is 9.03. The van der Waals surface area contributed by atoms with Crippen molar-refractivity contribution in [3.05, 3.63) is 29.8 Å². The molecule has 0 aliphatic heterocycles. The Morgan fingerprint density at radius 2 is 1.47 bits per heavy atom. The number of hydrogen-bond donors (Lipinski definition) is 8. The van der Waals surface area contributed by atoms with Crippen LogP contribution >= 0.6 is 0 Å². The van der Waals surface area contributed by atoms with Gasteiger partial charge in [-0.3, -0.25) is 19.2 Å². The van der Waals surface area contributed by atoms with Crippen LogP contribution in [0.3, 0.4) is 0 Å². The van der Waals surface area contributed by atoms with Gasteiger partial charge in [-0.05, 0) is 23.6 Å². The van der Waals surface area contributed by atoms with Crippen molar-refractivity contribution in [2.45, 2.75) is 50.9 Å². The Labute approximate surface area is 195 Å². The Bertz CT molecular complexity index is 890. The summed E-state index contributed by atoms with van der Waals surface area (Å²) >= 11 is 0. The van der Waals surface area contributed by atoms with Crippen LogP contribution in [0.25, 0.3) is 0 Å². The molecule has 1 rings (SSSR count). The van der Waals surface area contributed by atoms with Crippen LogP contribution in [0.1, 0.15) is 25.8 Å². The second kappa shape index (κ2) is 13.1. The highest BCUT2D eigenvalue weighted by Gasteiger charge is 2.32.